The number of imidazole rings is 1. The van der Waals surface area contributed by atoms with Gasteiger partial charge in [0.25, 0.3) is 0 Å². The molecule has 1 aromatic rings. The van der Waals surface area contributed by atoms with Gasteiger partial charge in [0.1, 0.15) is 0 Å². The lowest BCUT2D eigenvalue weighted by Gasteiger charge is -2.36. The molecule has 1 atom stereocenters. The van der Waals surface area contributed by atoms with Crippen LogP contribution in [0, 0.1) is 5.92 Å². The molecule has 2 nitrogen and oxygen atoms in total. The first-order chi connectivity index (χ1) is 21.1. The fourth-order valence-electron chi connectivity index (χ4n) is 7.19. The lowest BCUT2D eigenvalue weighted by molar-refractivity contribution is 0.181. The summed E-state index contributed by atoms with van der Waals surface area (Å²) >= 11 is 0. The number of unbranched alkanes of at least 4 members (excludes halogenated alkanes) is 28. The van der Waals surface area contributed by atoms with Crippen LogP contribution in [0.2, 0.25) is 0 Å². The molecule has 43 heavy (non-hydrogen) atoms. The third kappa shape index (κ3) is 23.2. The van der Waals surface area contributed by atoms with Crippen molar-refractivity contribution in [1.29, 1.82) is 0 Å². The zero-order chi connectivity index (χ0) is 31.1. The zero-order valence-electron chi connectivity index (χ0n) is 30.3. The summed E-state index contributed by atoms with van der Waals surface area (Å²) in [5.74, 6) is 0.755. The first-order valence-corrected chi connectivity index (χ1v) is 20.1. The van der Waals surface area contributed by atoms with Crippen LogP contribution in [0.25, 0.3) is 0 Å². The summed E-state index contributed by atoms with van der Waals surface area (Å²) in [7, 11) is 0. The highest BCUT2D eigenvalue weighted by Gasteiger charge is 2.30. The van der Waals surface area contributed by atoms with Crippen molar-refractivity contribution in [2.24, 2.45) is 5.92 Å². The highest BCUT2D eigenvalue weighted by molar-refractivity contribution is 4.90. The second-order valence-electron chi connectivity index (χ2n) is 14.8. The van der Waals surface area contributed by atoms with Gasteiger partial charge in [-0.3, -0.25) is 0 Å². The van der Waals surface area contributed by atoms with Gasteiger partial charge in [-0.05, 0) is 32.6 Å². The van der Waals surface area contributed by atoms with Crippen molar-refractivity contribution in [3.8, 4) is 0 Å². The summed E-state index contributed by atoms with van der Waals surface area (Å²) < 4.78 is 2.38. The van der Waals surface area contributed by atoms with E-state index in [2.05, 4.69) is 43.4 Å². The second-order valence-corrected chi connectivity index (χ2v) is 14.8. The minimum Gasteiger partial charge on any atom is -0.332 e. The molecule has 0 spiro atoms. The summed E-state index contributed by atoms with van der Waals surface area (Å²) in [5.41, 5.74) is 0.169. The van der Waals surface area contributed by atoms with E-state index in [1.807, 2.05) is 12.5 Å². The Bertz CT molecular complexity index is 649. The van der Waals surface area contributed by atoms with Gasteiger partial charge in [0.15, 0.2) is 0 Å². The van der Waals surface area contributed by atoms with Gasteiger partial charge in [0.2, 0.25) is 0 Å². The maximum Gasteiger partial charge on any atom is 0.0951 e. The van der Waals surface area contributed by atoms with E-state index >= 15 is 0 Å². The van der Waals surface area contributed by atoms with Gasteiger partial charge in [-0.25, -0.2) is 4.98 Å². The predicted molar refractivity (Wildman–Crippen MR) is 194 cm³/mol. The maximum absolute atomic E-state index is 4.39. The highest BCUT2D eigenvalue weighted by Crippen LogP contribution is 2.34. The molecule has 0 aliphatic heterocycles. The number of aromatic nitrogens is 2. The van der Waals surface area contributed by atoms with Crippen molar-refractivity contribution < 1.29 is 0 Å². The lowest BCUT2D eigenvalue weighted by atomic mass is 9.79. The average Bonchev–Trinajstić information content (AvgIpc) is 3.56. The van der Waals surface area contributed by atoms with Crippen molar-refractivity contribution in [3.63, 3.8) is 0 Å². The first-order valence-electron chi connectivity index (χ1n) is 20.1. The Labute approximate surface area is 272 Å². The van der Waals surface area contributed by atoms with Crippen molar-refractivity contribution in [3.05, 3.63) is 18.7 Å². The molecule has 0 saturated heterocycles. The molecular weight excluding hydrogens is 520 g/mol. The van der Waals surface area contributed by atoms with Crippen LogP contribution in [-0.2, 0) is 5.54 Å². The van der Waals surface area contributed by atoms with Gasteiger partial charge in [0.05, 0.1) is 6.33 Å². The summed E-state index contributed by atoms with van der Waals surface area (Å²) in [5, 5.41) is 0. The van der Waals surface area contributed by atoms with Crippen molar-refractivity contribution >= 4 is 0 Å². The van der Waals surface area contributed by atoms with E-state index in [1.54, 1.807) is 0 Å². The fourth-order valence-corrected chi connectivity index (χ4v) is 7.19. The second kappa shape index (κ2) is 29.9. The maximum atomic E-state index is 4.39. The van der Waals surface area contributed by atoms with E-state index in [1.165, 1.54) is 205 Å². The van der Waals surface area contributed by atoms with Crippen LogP contribution in [0.5, 0.6) is 0 Å². The molecule has 1 heterocycles. The molecule has 1 aromatic heterocycles. The number of rotatable bonds is 34. The Hall–Kier alpha value is -0.790. The molecule has 0 aromatic carbocycles. The molecule has 0 fully saturated rings. The molecule has 2 heteroatoms. The topological polar surface area (TPSA) is 17.8 Å². The van der Waals surface area contributed by atoms with Crippen molar-refractivity contribution in [1.82, 2.24) is 9.55 Å². The van der Waals surface area contributed by atoms with E-state index in [-0.39, 0.29) is 5.54 Å². The highest BCUT2D eigenvalue weighted by atomic mass is 15.1. The van der Waals surface area contributed by atoms with E-state index < -0.39 is 0 Å². The number of hydrogen-bond acceptors (Lipinski definition) is 1. The Morgan fingerprint density at radius 3 is 0.977 bits per heavy atom. The molecule has 0 aliphatic carbocycles. The van der Waals surface area contributed by atoms with E-state index in [0.717, 1.165) is 5.92 Å². The Morgan fingerprint density at radius 1 is 0.442 bits per heavy atom. The molecule has 1 unspecified atom stereocenters. The average molecular weight is 601 g/mol. The van der Waals surface area contributed by atoms with Crippen molar-refractivity contribution in [2.45, 2.75) is 239 Å². The normalized spacial score (nSPS) is 12.7. The summed E-state index contributed by atoms with van der Waals surface area (Å²) in [6.45, 7) is 9.52. The Morgan fingerprint density at radius 2 is 0.721 bits per heavy atom. The monoisotopic (exact) mass is 601 g/mol. The van der Waals surface area contributed by atoms with Crippen LogP contribution in [0.4, 0.5) is 0 Å². The number of nitrogens with zero attached hydrogens (tertiary/aromatic N) is 2. The third-order valence-electron chi connectivity index (χ3n) is 10.5. The van der Waals surface area contributed by atoms with Crippen LogP contribution >= 0.6 is 0 Å². The molecule has 0 aliphatic rings. The molecule has 0 N–H and O–H groups in total. The minimum atomic E-state index is 0.169. The SMILES string of the molecule is CCCCCCCCCCCCCCCCCCCC(CCCCCCCCCCCCCCC)C(C)(C)n1ccnc1. The van der Waals surface area contributed by atoms with Gasteiger partial charge in [-0.15, -0.1) is 0 Å². The van der Waals surface area contributed by atoms with Crippen molar-refractivity contribution in [2.75, 3.05) is 0 Å². The van der Waals surface area contributed by atoms with Gasteiger partial charge in [0, 0.05) is 17.9 Å². The Kier molecular flexibility index (Phi) is 28.0. The molecule has 0 bridgehead atoms. The van der Waals surface area contributed by atoms with E-state index in [0.29, 0.717) is 0 Å². The van der Waals surface area contributed by atoms with Crippen LogP contribution in [0.15, 0.2) is 18.7 Å². The summed E-state index contributed by atoms with van der Waals surface area (Å²) in [6, 6.07) is 0. The van der Waals surface area contributed by atoms with E-state index in [9.17, 15) is 0 Å². The largest absolute Gasteiger partial charge is 0.332 e. The van der Waals surface area contributed by atoms with Crippen LogP contribution in [0.1, 0.15) is 233 Å². The Balaban J connectivity index is 2.08. The zero-order valence-corrected chi connectivity index (χ0v) is 30.3. The fraction of sp³-hybridized carbons (Fsp3) is 0.927. The van der Waals surface area contributed by atoms with Gasteiger partial charge >= 0.3 is 0 Å². The summed E-state index contributed by atoms with van der Waals surface area (Å²) in [4.78, 5) is 4.39. The van der Waals surface area contributed by atoms with Crippen LogP contribution in [0.3, 0.4) is 0 Å². The number of hydrogen-bond donors (Lipinski definition) is 0. The molecule has 0 radical (unpaired) electrons. The minimum absolute atomic E-state index is 0.169. The van der Waals surface area contributed by atoms with E-state index in [4.69, 9.17) is 0 Å². The quantitative estimate of drug-likeness (QED) is 0.0719. The molecule has 0 saturated carbocycles. The molecule has 254 valence electrons. The first kappa shape index (κ1) is 40.2. The van der Waals surface area contributed by atoms with Gasteiger partial charge < -0.3 is 4.57 Å². The smallest absolute Gasteiger partial charge is 0.0951 e. The standard InChI is InChI=1S/C41H80N2/c1-5-7-9-11-13-15-17-19-20-21-22-24-26-28-30-32-34-36-40(41(3,4)43-38-37-42-39-43)35-33-31-29-27-25-23-18-16-14-12-10-8-6-2/h37-40H,5-36H2,1-4H3. The molecular formula is C41H80N2. The van der Waals surface area contributed by atoms with Crippen LogP contribution < -0.4 is 0 Å². The lowest BCUT2D eigenvalue weighted by Crippen LogP contribution is -2.34. The van der Waals surface area contributed by atoms with Crippen LogP contribution in [-0.4, -0.2) is 9.55 Å². The predicted octanol–water partition coefficient (Wildman–Crippen LogP) is 14.8. The molecule has 1 rings (SSSR count). The third-order valence-corrected chi connectivity index (χ3v) is 10.5. The van der Waals surface area contributed by atoms with Gasteiger partial charge in [-0.1, -0.05) is 206 Å². The summed E-state index contributed by atoms with van der Waals surface area (Å²) in [6.07, 6.45) is 52.4. The van der Waals surface area contributed by atoms with Gasteiger partial charge in [-0.2, -0.15) is 0 Å². The molecule has 0 amide bonds.